The summed E-state index contributed by atoms with van der Waals surface area (Å²) in [5.74, 6) is 0.896. The van der Waals surface area contributed by atoms with Gasteiger partial charge in [-0.1, -0.05) is 18.2 Å². The number of rotatable bonds is 3. The Morgan fingerprint density at radius 2 is 1.74 bits per heavy atom. The van der Waals surface area contributed by atoms with E-state index in [1.165, 1.54) is 11.1 Å². The predicted octanol–water partition coefficient (Wildman–Crippen LogP) is 3.05. The van der Waals surface area contributed by atoms with Crippen molar-refractivity contribution in [1.29, 1.82) is 0 Å². The summed E-state index contributed by atoms with van der Waals surface area (Å²) in [6.07, 6.45) is 4.63. The first kappa shape index (κ1) is 17.5. The zero-order valence-corrected chi connectivity index (χ0v) is 15.5. The SMILES string of the molecule is CC(=O)N1CC[C@@H](c2ccc(NC(=O)N3CC(c4cccnc4)C3)cc2)C1. The zero-order chi connectivity index (χ0) is 18.8. The molecule has 6 heteroatoms. The van der Waals surface area contributed by atoms with E-state index >= 15 is 0 Å². The van der Waals surface area contributed by atoms with Crippen LogP contribution in [0.1, 0.15) is 36.3 Å². The van der Waals surface area contributed by atoms with Gasteiger partial charge in [-0.05, 0) is 35.7 Å². The summed E-state index contributed by atoms with van der Waals surface area (Å²) in [6, 6.07) is 11.9. The molecule has 3 amide bonds. The molecule has 2 aliphatic rings. The van der Waals surface area contributed by atoms with Crippen LogP contribution in [0.5, 0.6) is 0 Å². The van der Waals surface area contributed by atoms with Gasteiger partial charge in [0.25, 0.3) is 0 Å². The molecule has 0 bridgehead atoms. The molecule has 140 valence electrons. The fourth-order valence-electron chi connectivity index (χ4n) is 3.83. The molecule has 6 nitrogen and oxygen atoms in total. The van der Waals surface area contributed by atoms with Gasteiger partial charge in [-0.2, -0.15) is 0 Å². The lowest BCUT2D eigenvalue weighted by Crippen LogP contribution is -2.50. The van der Waals surface area contributed by atoms with Crippen molar-refractivity contribution >= 4 is 17.6 Å². The molecule has 0 radical (unpaired) electrons. The van der Waals surface area contributed by atoms with Crippen LogP contribution in [-0.4, -0.2) is 52.9 Å². The second-order valence-corrected chi connectivity index (χ2v) is 7.39. The average Bonchev–Trinajstić information content (AvgIpc) is 3.12. The maximum Gasteiger partial charge on any atom is 0.321 e. The van der Waals surface area contributed by atoms with Crippen LogP contribution in [0, 0.1) is 0 Å². The summed E-state index contributed by atoms with van der Waals surface area (Å²) in [6.45, 7) is 4.67. The molecule has 0 saturated carbocycles. The van der Waals surface area contributed by atoms with E-state index in [4.69, 9.17) is 0 Å². The minimum atomic E-state index is -0.0634. The molecule has 1 aromatic carbocycles. The van der Waals surface area contributed by atoms with E-state index in [9.17, 15) is 9.59 Å². The minimum absolute atomic E-state index is 0.0634. The molecule has 1 aromatic heterocycles. The van der Waals surface area contributed by atoms with E-state index in [0.717, 1.165) is 38.3 Å². The third-order valence-electron chi connectivity index (χ3n) is 5.59. The number of amides is 3. The Hall–Kier alpha value is -2.89. The van der Waals surface area contributed by atoms with E-state index in [0.29, 0.717) is 11.8 Å². The number of hydrogen-bond donors (Lipinski definition) is 1. The third-order valence-corrected chi connectivity index (χ3v) is 5.59. The lowest BCUT2D eigenvalue weighted by atomic mass is 9.93. The smallest absolute Gasteiger partial charge is 0.321 e. The Morgan fingerprint density at radius 3 is 2.37 bits per heavy atom. The molecule has 3 heterocycles. The summed E-state index contributed by atoms with van der Waals surface area (Å²) in [5.41, 5.74) is 3.20. The van der Waals surface area contributed by atoms with Gasteiger partial charge in [0.1, 0.15) is 0 Å². The number of anilines is 1. The van der Waals surface area contributed by atoms with Gasteiger partial charge in [0, 0.05) is 63.0 Å². The molecule has 2 fully saturated rings. The van der Waals surface area contributed by atoms with Crippen LogP contribution >= 0.6 is 0 Å². The van der Waals surface area contributed by atoms with E-state index in [1.807, 2.05) is 34.2 Å². The van der Waals surface area contributed by atoms with Gasteiger partial charge in [0.15, 0.2) is 0 Å². The molecule has 0 aliphatic carbocycles. The molecule has 2 aromatic rings. The number of hydrogen-bond acceptors (Lipinski definition) is 3. The van der Waals surface area contributed by atoms with Crippen LogP contribution in [0.4, 0.5) is 10.5 Å². The van der Waals surface area contributed by atoms with Crippen molar-refractivity contribution in [3.05, 3.63) is 59.9 Å². The molecule has 4 rings (SSSR count). The van der Waals surface area contributed by atoms with Gasteiger partial charge < -0.3 is 15.1 Å². The summed E-state index contributed by atoms with van der Waals surface area (Å²) >= 11 is 0. The Bertz CT molecular complexity index is 816. The Kier molecular flexibility index (Phi) is 4.79. The van der Waals surface area contributed by atoms with Crippen molar-refractivity contribution in [1.82, 2.24) is 14.8 Å². The standard InChI is InChI=1S/C21H24N4O2/c1-15(26)24-10-8-18(12-24)16-4-6-20(7-5-16)23-21(27)25-13-19(14-25)17-3-2-9-22-11-17/h2-7,9,11,18-19H,8,10,12-14H2,1H3,(H,23,27)/t18-/m1/s1. The van der Waals surface area contributed by atoms with Gasteiger partial charge in [-0.25, -0.2) is 4.79 Å². The van der Waals surface area contributed by atoms with Crippen molar-refractivity contribution in [2.45, 2.75) is 25.2 Å². The largest absolute Gasteiger partial charge is 0.342 e. The van der Waals surface area contributed by atoms with Crippen LogP contribution in [-0.2, 0) is 4.79 Å². The number of pyridine rings is 1. The molecule has 2 aliphatic heterocycles. The number of carbonyl (C=O) groups excluding carboxylic acids is 2. The monoisotopic (exact) mass is 364 g/mol. The maximum atomic E-state index is 12.4. The van der Waals surface area contributed by atoms with Gasteiger partial charge in [0.2, 0.25) is 5.91 Å². The van der Waals surface area contributed by atoms with Crippen molar-refractivity contribution in [3.8, 4) is 0 Å². The normalized spacial score (nSPS) is 19.7. The number of urea groups is 1. The zero-order valence-electron chi connectivity index (χ0n) is 15.5. The van der Waals surface area contributed by atoms with E-state index in [1.54, 1.807) is 13.1 Å². The predicted molar refractivity (Wildman–Crippen MR) is 104 cm³/mol. The lowest BCUT2D eigenvalue weighted by molar-refractivity contribution is -0.127. The first-order valence-electron chi connectivity index (χ1n) is 9.41. The highest BCUT2D eigenvalue weighted by molar-refractivity contribution is 5.90. The highest BCUT2D eigenvalue weighted by Gasteiger charge is 2.32. The summed E-state index contributed by atoms with van der Waals surface area (Å²) in [5, 5.41) is 2.97. The first-order chi connectivity index (χ1) is 13.1. The second kappa shape index (κ2) is 7.39. The topological polar surface area (TPSA) is 65.5 Å². The molecular formula is C21H24N4O2. The average molecular weight is 364 g/mol. The molecule has 0 spiro atoms. The maximum absolute atomic E-state index is 12.4. The quantitative estimate of drug-likeness (QED) is 0.910. The molecule has 1 atom stereocenters. The molecule has 27 heavy (non-hydrogen) atoms. The van der Waals surface area contributed by atoms with Crippen LogP contribution in [0.25, 0.3) is 0 Å². The van der Waals surface area contributed by atoms with Crippen molar-refractivity contribution < 1.29 is 9.59 Å². The summed E-state index contributed by atoms with van der Waals surface area (Å²) in [4.78, 5) is 31.7. The number of carbonyl (C=O) groups is 2. The van der Waals surface area contributed by atoms with E-state index < -0.39 is 0 Å². The molecule has 2 saturated heterocycles. The van der Waals surface area contributed by atoms with Crippen LogP contribution < -0.4 is 5.32 Å². The van der Waals surface area contributed by atoms with E-state index in [2.05, 4.69) is 28.5 Å². The number of likely N-dealkylation sites (tertiary alicyclic amines) is 2. The van der Waals surface area contributed by atoms with Gasteiger partial charge in [0.05, 0.1) is 0 Å². The van der Waals surface area contributed by atoms with Crippen molar-refractivity contribution in [2.24, 2.45) is 0 Å². The Labute approximate surface area is 159 Å². The molecule has 1 N–H and O–H groups in total. The number of nitrogens with one attached hydrogen (secondary N) is 1. The van der Waals surface area contributed by atoms with Gasteiger partial charge in [-0.3, -0.25) is 9.78 Å². The number of nitrogens with zero attached hydrogens (tertiary/aromatic N) is 3. The van der Waals surface area contributed by atoms with Crippen molar-refractivity contribution in [3.63, 3.8) is 0 Å². The van der Waals surface area contributed by atoms with Crippen molar-refractivity contribution in [2.75, 3.05) is 31.5 Å². The van der Waals surface area contributed by atoms with E-state index in [-0.39, 0.29) is 11.9 Å². The lowest BCUT2D eigenvalue weighted by Gasteiger charge is -2.39. The summed E-state index contributed by atoms with van der Waals surface area (Å²) < 4.78 is 0. The number of aromatic nitrogens is 1. The number of benzene rings is 1. The second-order valence-electron chi connectivity index (χ2n) is 7.39. The Morgan fingerprint density at radius 1 is 1.00 bits per heavy atom. The van der Waals surface area contributed by atoms with Gasteiger partial charge >= 0.3 is 6.03 Å². The van der Waals surface area contributed by atoms with Crippen LogP contribution in [0.2, 0.25) is 0 Å². The molecule has 0 unspecified atom stereocenters. The fraction of sp³-hybridized carbons (Fsp3) is 0.381. The molecular weight excluding hydrogens is 340 g/mol. The summed E-state index contributed by atoms with van der Waals surface area (Å²) in [7, 11) is 0. The highest BCUT2D eigenvalue weighted by atomic mass is 16.2. The van der Waals surface area contributed by atoms with Crippen LogP contribution in [0.3, 0.4) is 0 Å². The minimum Gasteiger partial charge on any atom is -0.342 e. The van der Waals surface area contributed by atoms with Gasteiger partial charge in [-0.15, -0.1) is 0 Å². The highest BCUT2D eigenvalue weighted by Crippen LogP contribution is 2.29. The Balaban J connectivity index is 1.29. The first-order valence-corrected chi connectivity index (χ1v) is 9.41. The third kappa shape index (κ3) is 3.79. The van der Waals surface area contributed by atoms with Crippen LogP contribution in [0.15, 0.2) is 48.8 Å². The fourth-order valence-corrected chi connectivity index (χ4v) is 3.83.